The maximum absolute atomic E-state index is 6.21. The molecule has 0 spiro atoms. The van der Waals surface area contributed by atoms with E-state index in [4.69, 9.17) is 5.73 Å². The number of hydrogen-bond donors (Lipinski definition) is 1. The van der Waals surface area contributed by atoms with Crippen molar-refractivity contribution in [3.63, 3.8) is 0 Å². The van der Waals surface area contributed by atoms with Crippen LogP contribution < -0.4 is 5.73 Å². The summed E-state index contributed by atoms with van der Waals surface area (Å²) in [7, 11) is 0. The van der Waals surface area contributed by atoms with Gasteiger partial charge in [0.2, 0.25) is 0 Å². The second-order valence-electron chi connectivity index (χ2n) is 3.88. The van der Waals surface area contributed by atoms with Crippen LogP contribution in [0.5, 0.6) is 0 Å². The second kappa shape index (κ2) is 6.45. The Morgan fingerprint density at radius 3 is 2.47 bits per heavy atom. The van der Waals surface area contributed by atoms with E-state index in [1.807, 2.05) is 0 Å². The first kappa shape index (κ1) is 14.9. The van der Waals surface area contributed by atoms with E-state index in [0.29, 0.717) is 18.8 Å². The van der Waals surface area contributed by atoms with Gasteiger partial charge in [0.05, 0.1) is 0 Å². The molecule has 1 unspecified atom stereocenters. The smallest absolute Gasteiger partial charge is 0.341 e. The summed E-state index contributed by atoms with van der Waals surface area (Å²) in [5.74, 6) is 0.475. The van der Waals surface area contributed by atoms with E-state index >= 15 is 0 Å². The van der Waals surface area contributed by atoms with E-state index < -0.39 is 0 Å². The first-order valence-corrected chi connectivity index (χ1v) is 5.07. The second-order valence-corrected chi connectivity index (χ2v) is 3.88. The Bertz CT molecular complexity index is 272. The van der Waals surface area contributed by atoms with Crippen LogP contribution in [-0.2, 0) is 21.1 Å². The van der Waals surface area contributed by atoms with E-state index in [-0.39, 0.29) is 26.6 Å². The first-order valence-electron chi connectivity index (χ1n) is 5.07. The first-order chi connectivity index (χ1) is 6.62. The van der Waals surface area contributed by atoms with Gasteiger partial charge in [0.15, 0.2) is 0 Å². The Morgan fingerprint density at radius 2 is 1.93 bits per heavy atom. The molecule has 0 radical (unpaired) electrons. The topological polar surface area (TPSA) is 26.0 Å². The quantitative estimate of drug-likeness (QED) is 0.757. The maximum atomic E-state index is 6.21. The molecule has 2 heteroatoms. The molecule has 0 bridgehead atoms. The molecular weight excluding hydrogens is 354 g/mol. The zero-order chi connectivity index (χ0) is 10.6. The molecule has 0 fully saturated rings. The van der Waals surface area contributed by atoms with Crippen molar-refractivity contribution in [1.29, 1.82) is 0 Å². The molecule has 0 heterocycles. The SMILES string of the molecule is [CH2-]CC(N)(C[CH2-])C1=CC=CC(C)C=C1.[W+2]. The number of hydrogen-bond acceptors (Lipinski definition) is 1. The van der Waals surface area contributed by atoms with Crippen LogP contribution in [0, 0.1) is 19.8 Å². The maximum Gasteiger partial charge on any atom is 2.00 e. The standard InChI is InChI=1S/C13H19N.W/c1-4-13(14,5-2)12-8-6-7-11(3)9-10-12;/h6-11H,1-2,4-5,14H2,3H3;/q-2;+2. The third-order valence-corrected chi connectivity index (χ3v) is 2.74. The van der Waals surface area contributed by atoms with Crippen molar-refractivity contribution in [1.82, 2.24) is 0 Å². The van der Waals surface area contributed by atoms with E-state index in [0.717, 1.165) is 5.57 Å². The van der Waals surface area contributed by atoms with Gasteiger partial charge in [-0.05, 0) is 17.0 Å². The molecule has 0 aromatic heterocycles. The number of allylic oxidation sites excluding steroid dienone is 4. The molecule has 2 N–H and O–H groups in total. The van der Waals surface area contributed by atoms with Crippen molar-refractivity contribution >= 4 is 0 Å². The normalized spacial score (nSPS) is 20.5. The van der Waals surface area contributed by atoms with E-state index in [2.05, 4.69) is 51.2 Å². The van der Waals surface area contributed by atoms with Crippen LogP contribution in [0.3, 0.4) is 0 Å². The zero-order valence-corrected chi connectivity index (χ0v) is 12.2. The summed E-state index contributed by atoms with van der Waals surface area (Å²) in [4.78, 5) is 0. The van der Waals surface area contributed by atoms with E-state index in [1.165, 1.54) is 0 Å². The van der Waals surface area contributed by atoms with Gasteiger partial charge in [-0.2, -0.15) is 12.8 Å². The van der Waals surface area contributed by atoms with Gasteiger partial charge in [0.1, 0.15) is 0 Å². The summed E-state index contributed by atoms with van der Waals surface area (Å²) in [6, 6.07) is 0. The van der Waals surface area contributed by atoms with Gasteiger partial charge in [-0.25, -0.2) is 0 Å². The Labute approximate surface area is 108 Å². The molecule has 15 heavy (non-hydrogen) atoms. The van der Waals surface area contributed by atoms with Crippen LogP contribution in [0.15, 0.2) is 36.0 Å². The molecule has 82 valence electrons. The molecule has 0 aromatic carbocycles. The van der Waals surface area contributed by atoms with Crippen LogP contribution >= 0.6 is 0 Å². The monoisotopic (exact) mass is 373 g/mol. The molecule has 1 aliphatic carbocycles. The van der Waals surface area contributed by atoms with Gasteiger partial charge in [-0.1, -0.05) is 37.3 Å². The summed E-state index contributed by atoms with van der Waals surface area (Å²) < 4.78 is 0. The van der Waals surface area contributed by atoms with Crippen molar-refractivity contribution in [2.75, 3.05) is 0 Å². The van der Waals surface area contributed by atoms with Crippen LogP contribution in [0.25, 0.3) is 0 Å². The Kier molecular flexibility index (Phi) is 6.39. The summed E-state index contributed by atoms with van der Waals surface area (Å²) in [5, 5.41) is 0. The molecular formula is C13H19NW. The molecule has 0 aromatic rings. The third-order valence-electron chi connectivity index (χ3n) is 2.74. The summed E-state index contributed by atoms with van der Waals surface area (Å²) in [6.07, 6.45) is 11.9. The van der Waals surface area contributed by atoms with Crippen molar-refractivity contribution in [3.05, 3.63) is 49.8 Å². The van der Waals surface area contributed by atoms with Crippen LogP contribution in [0.2, 0.25) is 0 Å². The molecule has 1 rings (SSSR count). The molecule has 1 aliphatic rings. The molecule has 0 saturated carbocycles. The van der Waals surface area contributed by atoms with Gasteiger partial charge >= 0.3 is 21.1 Å². The van der Waals surface area contributed by atoms with Crippen molar-refractivity contribution in [2.24, 2.45) is 11.7 Å². The summed E-state index contributed by atoms with van der Waals surface area (Å²) >= 11 is 0. The molecule has 0 amide bonds. The minimum absolute atomic E-state index is 0. The largest absolute Gasteiger partial charge is 2.00 e. The summed E-state index contributed by atoms with van der Waals surface area (Å²) in [5.41, 5.74) is 6.97. The van der Waals surface area contributed by atoms with Crippen LogP contribution in [0.1, 0.15) is 19.8 Å². The Balaban J connectivity index is 0.00000196. The minimum Gasteiger partial charge on any atom is -0.341 e. The van der Waals surface area contributed by atoms with Crippen LogP contribution in [-0.4, -0.2) is 5.54 Å². The van der Waals surface area contributed by atoms with E-state index in [1.54, 1.807) is 0 Å². The van der Waals surface area contributed by atoms with Gasteiger partial charge in [0, 0.05) is 0 Å². The molecule has 1 atom stereocenters. The van der Waals surface area contributed by atoms with Gasteiger partial charge in [0.25, 0.3) is 0 Å². The fourth-order valence-electron chi connectivity index (χ4n) is 1.46. The van der Waals surface area contributed by atoms with Crippen LogP contribution in [0.4, 0.5) is 0 Å². The fraction of sp³-hybridized carbons (Fsp3) is 0.385. The third kappa shape index (κ3) is 3.74. The molecule has 0 aliphatic heterocycles. The average Bonchev–Trinajstić information content (AvgIpc) is 2.42. The Morgan fingerprint density at radius 1 is 1.33 bits per heavy atom. The average molecular weight is 373 g/mol. The van der Waals surface area contributed by atoms with Crippen molar-refractivity contribution < 1.29 is 21.1 Å². The predicted molar refractivity (Wildman–Crippen MR) is 62.4 cm³/mol. The van der Waals surface area contributed by atoms with Gasteiger partial charge in [-0.15, -0.1) is 0 Å². The van der Waals surface area contributed by atoms with Crippen molar-refractivity contribution in [3.8, 4) is 0 Å². The van der Waals surface area contributed by atoms with Gasteiger partial charge in [-0.3, -0.25) is 0 Å². The minimum atomic E-state index is -0.370. The van der Waals surface area contributed by atoms with Crippen molar-refractivity contribution in [2.45, 2.75) is 25.3 Å². The number of nitrogens with two attached hydrogens (primary N) is 1. The summed E-state index contributed by atoms with van der Waals surface area (Å²) in [6.45, 7) is 9.93. The Hall–Kier alpha value is -0.132. The zero-order valence-electron chi connectivity index (χ0n) is 9.28. The molecule has 1 nitrogen and oxygen atoms in total. The predicted octanol–water partition coefficient (Wildman–Crippen LogP) is 2.82. The number of rotatable bonds is 3. The fourth-order valence-corrected chi connectivity index (χ4v) is 1.46. The van der Waals surface area contributed by atoms with Gasteiger partial charge < -0.3 is 19.6 Å². The van der Waals surface area contributed by atoms with E-state index in [9.17, 15) is 0 Å². The molecule has 0 saturated heterocycles.